The zero-order chi connectivity index (χ0) is 54.8. The first-order chi connectivity index (χ1) is 40.5. The van der Waals surface area contributed by atoms with Crippen LogP contribution in [0.4, 0.5) is 0 Å². The maximum absolute atomic E-state index is 2.53. The van der Waals surface area contributed by atoms with Crippen molar-refractivity contribution in [2.45, 2.75) is 18.8 Å². The molecule has 0 radical (unpaired) electrons. The molecule has 1 spiro atoms. The molecule has 14 rings (SSSR count). The summed E-state index contributed by atoms with van der Waals surface area (Å²) in [6, 6.07) is 105. The highest BCUT2D eigenvalue weighted by molar-refractivity contribution is 6.01. The summed E-state index contributed by atoms with van der Waals surface area (Å²) in [5.41, 5.74) is 28.4. The molecule has 0 saturated carbocycles. The highest BCUT2D eigenvalue weighted by Crippen LogP contribution is 2.64. The molecule has 1 atom stereocenters. The van der Waals surface area contributed by atoms with Crippen LogP contribution in [-0.4, -0.2) is 0 Å². The summed E-state index contributed by atoms with van der Waals surface area (Å²) < 4.78 is 0. The molecule has 0 heteroatoms. The quantitative estimate of drug-likeness (QED) is 0.107. The van der Waals surface area contributed by atoms with E-state index in [0.29, 0.717) is 5.92 Å². The van der Waals surface area contributed by atoms with E-state index in [0.717, 1.165) is 23.1 Å². The van der Waals surface area contributed by atoms with Gasteiger partial charge in [-0.15, -0.1) is 0 Å². The molecule has 0 nitrogen and oxygen atoms in total. The summed E-state index contributed by atoms with van der Waals surface area (Å²) in [6.07, 6.45) is 17.8. The molecule has 0 aromatic heterocycles. The first-order valence-corrected chi connectivity index (χ1v) is 28.8. The second kappa shape index (κ2) is 21.8. The van der Waals surface area contributed by atoms with Crippen LogP contribution in [0.25, 0.3) is 68.9 Å². The number of rotatable bonds is 12. The Bertz CT molecular complexity index is 3930. The summed E-state index contributed by atoms with van der Waals surface area (Å²) in [4.78, 5) is 0. The Labute approximate surface area is 483 Å². The third kappa shape index (κ3) is 9.39. The molecule has 0 bridgehead atoms. The fourth-order valence-corrected chi connectivity index (χ4v) is 12.9. The van der Waals surface area contributed by atoms with Crippen LogP contribution >= 0.6 is 0 Å². The zero-order valence-electron chi connectivity index (χ0n) is 46.0. The van der Waals surface area contributed by atoms with Crippen molar-refractivity contribution in [2.24, 2.45) is 5.92 Å². The van der Waals surface area contributed by atoms with Crippen LogP contribution in [0.2, 0.25) is 0 Å². The van der Waals surface area contributed by atoms with Crippen molar-refractivity contribution in [3.63, 3.8) is 0 Å². The van der Waals surface area contributed by atoms with Gasteiger partial charge in [-0.05, 0) is 194 Å². The molecule has 0 aliphatic heterocycles. The van der Waals surface area contributed by atoms with Crippen LogP contribution in [0.15, 0.2) is 309 Å². The lowest BCUT2D eigenvalue weighted by Crippen LogP contribution is -2.26. The summed E-state index contributed by atoms with van der Waals surface area (Å²) in [6.45, 7) is 2.30. The van der Waals surface area contributed by atoms with Crippen LogP contribution in [0.1, 0.15) is 96.8 Å². The summed E-state index contributed by atoms with van der Waals surface area (Å²) in [5, 5.41) is 0. The molecule has 0 N–H and O–H groups in total. The molecule has 3 aliphatic carbocycles. The van der Waals surface area contributed by atoms with Crippen LogP contribution < -0.4 is 0 Å². The van der Waals surface area contributed by atoms with Crippen molar-refractivity contribution in [3.05, 3.63) is 392 Å². The van der Waals surface area contributed by atoms with Crippen molar-refractivity contribution < 1.29 is 0 Å². The maximum Gasteiger partial charge on any atom is 0.0726 e. The Morgan fingerprint density at radius 1 is 0.305 bits per heavy atom. The molecule has 3 aliphatic rings. The van der Waals surface area contributed by atoms with E-state index in [2.05, 4.69) is 335 Å². The zero-order valence-corrected chi connectivity index (χ0v) is 46.0. The smallest absolute Gasteiger partial charge is 0.0726 e. The van der Waals surface area contributed by atoms with Crippen LogP contribution in [0.3, 0.4) is 0 Å². The highest BCUT2D eigenvalue weighted by atomic mass is 14.5. The van der Waals surface area contributed by atoms with Gasteiger partial charge in [0.2, 0.25) is 0 Å². The molecule has 1 unspecified atom stereocenters. The van der Waals surface area contributed by atoms with Gasteiger partial charge < -0.3 is 0 Å². The number of fused-ring (bicyclic) bond motifs is 10. The van der Waals surface area contributed by atoms with E-state index in [1.165, 1.54) is 117 Å². The lowest BCUT2D eigenvalue weighted by molar-refractivity contribution is 0.734. The third-order valence-corrected chi connectivity index (χ3v) is 16.8. The maximum atomic E-state index is 2.53. The minimum atomic E-state index is -0.720. The van der Waals surface area contributed by atoms with Crippen molar-refractivity contribution in [3.8, 4) is 22.3 Å². The Balaban J connectivity index is 1.07. The molecule has 388 valence electrons. The minimum Gasteiger partial charge on any atom is -0.0808 e. The SMILES string of the molecule is CC1C=CC(/C(=C\c2ccc3c(c2)C2(c4cc(C=C(c5ccccc5)c5ccccc5)ccc4-c4ccc(C=C(c5ccccc5)c5ccccc5)cc42)c2cc(C=C(c4ccccc4)c4ccccc4)ccc2-3)c2ccccc2)=CC1. The van der Waals surface area contributed by atoms with Gasteiger partial charge >= 0.3 is 0 Å². The summed E-state index contributed by atoms with van der Waals surface area (Å²) >= 11 is 0. The molecule has 0 fully saturated rings. The molecular weight excluding hydrogens is 985 g/mol. The first kappa shape index (κ1) is 50.1. The van der Waals surface area contributed by atoms with Gasteiger partial charge in [-0.25, -0.2) is 0 Å². The van der Waals surface area contributed by atoms with E-state index in [1.807, 2.05) is 0 Å². The fraction of sp³-hybridized carbons (Fsp3) is 0.0488. The lowest BCUT2D eigenvalue weighted by Gasteiger charge is -2.31. The predicted molar refractivity (Wildman–Crippen MR) is 348 cm³/mol. The number of benzene rings is 11. The number of hydrogen-bond acceptors (Lipinski definition) is 0. The monoisotopic (exact) mass is 1040 g/mol. The van der Waals surface area contributed by atoms with E-state index in [4.69, 9.17) is 0 Å². The van der Waals surface area contributed by atoms with Gasteiger partial charge in [0.1, 0.15) is 0 Å². The van der Waals surface area contributed by atoms with Crippen molar-refractivity contribution in [1.82, 2.24) is 0 Å². The van der Waals surface area contributed by atoms with Gasteiger partial charge in [0, 0.05) is 0 Å². The van der Waals surface area contributed by atoms with E-state index >= 15 is 0 Å². The van der Waals surface area contributed by atoms with Gasteiger partial charge in [-0.3, -0.25) is 0 Å². The average Bonchev–Trinajstić information content (AvgIpc) is 1.68. The van der Waals surface area contributed by atoms with E-state index in [-0.39, 0.29) is 0 Å². The van der Waals surface area contributed by atoms with Gasteiger partial charge in [0.25, 0.3) is 0 Å². The fourth-order valence-electron chi connectivity index (χ4n) is 12.9. The molecule has 0 saturated heterocycles. The Kier molecular flexibility index (Phi) is 13.3. The van der Waals surface area contributed by atoms with Gasteiger partial charge in [-0.1, -0.05) is 286 Å². The van der Waals surface area contributed by atoms with Gasteiger partial charge in [0.05, 0.1) is 5.41 Å². The highest BCUT2D eigenvalue weighted by Gasteiger charge is 2.52. The Hall–Kier alpha value is -10.1. The second-order valence-corrected chi connectivity index (χ2v) is 22.0. The molecule has 11 aromatic rings. The Morgan fingerprint density at radius 2 is 0.549 bits per heavy atom. The topological polar surface area (TPSA) is 0 Å². The first-order valence-electron chi connectivity index (χ1n) is 28.8. The Morgan fingerprint density at radius 3 is 0.793 bits per heavy atom. The van der Waals surface area contributed by atoms with Crippen LogP contribution in [-0.2, 0) is 5.41 Å². The standard InChI is InChI=1S/C82H60/c1-57-37-43-69(44-38-57)77(68-35-21-8-22-36-68)52-61-42-48-73-72-47-41-60(51-76(66-31-17-6-18-32-66)67-33-19-7-20-34-67)55-80(72)82(81(73)56-61)78-53-58(49-74(62-23-9-2-10-24-62)63-25-11-3-12-26-63)39-45-70(78)71-46-40-59(54-79(71)82)50-75(64-27-13-4-14-28-64)65-29-15-5-16-30-65/h2-37,39-57H,38H2,1H3/b77-52-. The number of hydrogen-bond donors (Lipinski definition) is 0. The van der Waals surface area contributed by atoms with E-state index in [9.17, 15) is 0 Å². The lowest BCUT2D eigenvalue weighted by atomic mass is 9.69. The minimum absolute atomic E-state index is 0.505. The predicted octanol–water partition coefficient (Wildman–Crippen LogP) is 20.9. The number of allylic oxidation sites excluding steroid dienone is 5. The molecular formula is C82H60. The third-order valence-electron chi connectivity index (χ3n) is 16.8. The van der Waals surface area contributed by atoms with Gasteiger partial charge in [0.15, 0.2) is 0 Å². The molecule has 0 amide bonds. The summed E-state index contributed by atoms with van der Waals surface area (Å²) in [7, 11) is 0. The van der Waals surface area contributed by atoms with E-state index in [1.54, 1.807) is 0 Å². The summed E-state index contributed by atoms with van der Waals surface area (Å²) in [5.74, 6) is 0.505. The van der Waals surface area contributed by atoms with Crippen LogP contribution in [0.5, 0.6) is 0 Å². The largest absolute Gasteiger partial charge is 0.0808 e. The molecule has 0 heterocycles. The van der Waals surface area contributed by atoms with Crippen molar-refractivity contribution >= 4 is 46.6 Å². The normalized spacial score (nSPS) is 14.2. The molecule has 82 heavy (non-hydrogen) atoms. The van der Waals surface area contributed by atoms with Crippen molar-refractivity contribution in [1.29, 1.82) is 0 Å². The van der Waals surface area contributed by atoms with Crippen LogP contribution in [0, 0.1) is 5.92 Å². The van der Waals surface area contributed by atoms with Crippen molar-refractivity contribution in [2.75, 3.05) is 0 Å². The van der Waals surface area contributed by atoms with Gasteiger partial charge in [-0.2, -0.15) is 0 Å². The second-order valence-electron chi connectivity index (χ2n) is 22.0. The molecule has 11 aromatic carbocycles. The van der Waals surface area contributed by atoms with E-state index < -0.39 is 5.41 Å². The average molecular weight is 1050 g/mol.